The van der Waals surface area contributed by atoms with Crippen LogP contribution in [0.3, 0.4) is 0 Å². The Morgan fingerprint density at radius 2 is 1.62 bits per heavy atom. The summed E-state index contributed by atoms with van der Waals surface area (Å²) < 4.78 is 9.77. The van der Waals surface area contributed by atoms with E-state index in [1.165, 1.54) is 13.8 Å². The van der Waals surface area contributed by atoms with E-state index in [0.717, 1.165) is 0 Å². The lowest BCUT2D eigenvalue weighted by Gasteiger charge is -2.23. The fraction of sp³-hybridized carbons (Fsp3) is 0.727. The largest absolute Gasteiger partial charge is 0.457 e. The molecule has 0 N–H and O–H groups in total. The third kappa shape index (κ3) is 6.98. The van der Waals surface area contributed by atoms with E-state index in [4.69, 9.17) is 9.47 Å². The van der Waals surface area contributed by atoms with Crippen molar-refractivity contribution >= 4 is 17.7 Å². The van der Waals surface area contributed by atoms with Crippen LogP contribution in [0.25, 0.3) is 0 Å². The minimum absolute atomic E-state index is 0.158. The van der Waals surface area contributed by atoms with Gasteiger partial charge in [-0.2, -0.15) is 0 Å². The van der Waals surface area contributed by atoms with E-state index in [9.17, 15) is 14.4 Å². The number of hydrogen-bond acceptors (Lipinski definition) is 5. The van der Waals surface area contributed by atoms with Crippen LogP contribution in [0.2, 0.25) is 0 Å². The molecule has 0 spiro atoms. The molecule has 0 heterocycles. The maximum Gasteiger partial charge on any atom is 0.348 e. The Balaban J connectivity index is 4.56. The molecule has 0 amide bonds. The highest BCUT2D eigenvalue weighted by molar-refractivity contribution is 5.86. The smallest absolute Gasteiger partial charge is 0.348 e. The molecule has 1 unspecified atom stereocenters. The average Bonchev–Trinajstić information content (AvgIpc) is 1.97. The fourth-order valence-electron chi connectivity index (χ4n) is 1.00. The van der Waals surface area contributed by atoms with Crippen LogP contribution < -0.4 is 0 Å². The van der Waals surface area contributed by atoms with Gasteiger partial charge in [0.1, 0.15) is 11.4 Å². The SMILES string of the molecule is CC(=O)CC(OC(C)=O)C(=O)OC(C)(C)C. The molecule has 0 radical (unpaired) electrons. The lowest BCUT2D eigenvalue weighted by molar-refractivity contribution is -0.175. The standard InChI is InChI=1S/C11H18O5/c1-7(12)6-9(15-8(2)13)10(14)16-11(3,4)5/h9H,6H2,1-5H3. The molecule has 0 aromatic rings. The molecular formula is C11H18O5. The molecule has 0 fully saturated rings. The van der Waals surface area contributed by atoms with Gasteiger partial charge < -0.3 is 9.47 Å². The Labute approximate surface area is 95.1 Å². The van der Waals surface area contributed by atoms with Gasteiger partial charge in [-0.3, -0.25) is 9.59 Å². The first-order valence-electron chi connectivity index (χ1n) is 5.01. The molecule has 0 aliphatic carbocycles. The summed E-state index contributed by atoms with van der Waals surface area (Å²) in [7, 11) is 0. The lowest BCUT2D eigenvalue weighted by Crippen LogP contribution is -2.35. The normalized spacial score (nSPS) is 12.8. The van der Waals surface area contributed by atoms with Gasteiger partial charge in [-0.15, -0.1) is 0 Å². The van der Waals surface area contributed by atoms with Gasteiger partial charge in [0.25, 0.3) is 0 Å². The van der Waals surface area contributed by atoms with Crippen molar-refractivity contribution in [3.05, 3.63) is 0 Å². The predicted octanol–water partition coefficient (Wildman–Crippen LogP) is 1.24. The second-order valence-corrected chi connectivity index (χ2v) is 4.54. The van der Waals surface area contributed by atoms with Crippen LogP contribution in [-0.4, -0.2) is 29.4 Å². The molecule has 0 aliphatic heterocycles. The summed E-state index contributed by atoms with van der Waals surface area (Å²) in [4.78, 5) is 33.2. The van der Waals surface area contributed by atoms with Crippen molar-refractivity contribution in [1.29, 1.82) is 0 Å². The lowest BCUT2D eigenvalue weighted by atomic mass is 10.1. The van der Waals surface area contributed by atoms with Crippen molar-refractivity contribution in [3.8, 4) is 0 Å². The Bertz CT molecular complexity index is 271. The number of hydrogen-bond donors (Lipinski definition) is 0. The minimum atomic E-state index is -1.14. The summed E-state index contributed by atoms with van der Waals surface area (Å²) in [5.74, 6) is -1.55. The molecule has 0 aromatic heterocycles. The number of ketones is 1. The fourth-order valence-corrected chi connectivity index (χ4v) is 1.00. The van der Waals surface area contributed by atoms with Crippen molar-refractivity contribution in [2.45, 2.75) is 52.7 Å². The number of Topliss-reactive ketones (excluding diaryl/α,β-unsaturated/α-hetero) is 1. The van der Waals surface area contributed by atoms with Crippen molar-refractivity contribution in [1.82, 2.24) is 0 Å². The highest BCUT2D eigenvalue weighted by Crippen LogP contribution is 2.12. The van der Waals surface area contributed by atoms with Crippen LogP contribution in [0.15, 0.2) is 0 Å². The minimum Gasteiger partial charge on any atom is -0.457 e. The molecule has 0 aliphatic rings. The van der Waals surface area contributed by atoms with E-state index in [0.29, 0.717) is 0 Å². The Morgan fingerprint density at radius 1 is 1.12 bits per heavy atom. The molecule has 0 bridgehead atoms. The van der Waals surface area contributed by atoms with E-state index in [1.54, 1.807) is 20.8 Å². The van der Waals surface area contributed by atoms with Crippen LogP contribution in [0, 0.1) is 0 Å². The second-order valence-electron chi connectivity index (χ2n) is 4.54. The van der Waals surface area contributed by atoms with E-state index in [1.807, 2.05) is 0 Å². The Morgan fingerprint density at radius 3 is 1.94 bits per heavy atom. The first kappa shape index (κ1) is 14.6. The topological polar surface area (TPSA) is 69.7 Å². The summed E-state index contributed by atoms with van der Waals surface area (Å²) in [6, 6.07) is 0. The Hall–Kier alpha value is -1.39. The van der Waals surface area contributed by atoms with Crippen LogP contribution in [0.5, 0.6) is 0 Å². The van der Waals surface area contributed by atoms with Gasteiger partial charge in [-0.25, -0.2) is 4.79 Å². The highest BCUT2D eigenvalue weighted by Gasteiger charge is 2.28. The summed E-state index contributed by atoms with van der Waals surface area (Å²) in [5.41, 5.74) is -0.674. The summed E-state index contributed by atoms with van der Waals surface area (Å²) in [5, 5.41) is 0. The van der Waals surface area contributed by atoms with Gasteiger partial charge in [0.05, 0.1) is 6.42 Å². The third-order valence-corrected chi connectivity index (χ3v) is 1.45. The van der Waals surface area contributed by atoms with E-state index < -0.39 is 23.6 Å². The van der Waals surface area contributed by atoms with Crippen LogP contribution in [-0.2, 0) is 23.9 Å². The first-order chi connectivity index (χ1) is 7.11. The molecule has 92 valence electrons. The van der Waals surface area contributed by atoms with E-state index >= 15 is 0 Å². The first-order valence-corrected chi connectivity index (χ1v) is 5.01. The number of esters is 2. The van der Waals surface area contributed by atoms with Crippen molar-refractivity contribution in [2.24, 2.45) is 0 Å². The van der Waals surface area contributed by atoms with E-state index in [-0.39, 0.29) is 12.2 Å². The predicted molar refractivity (Wildman–Crippen MR) is 56.7 cm³/mol. The van der Waals surface area contributed by atoms with Gasteiger partial charge in [0, 0.05) is 6.92 Å². The number of rotatable bonds is 4. The second kappa shape index (κ2) is 5.63. The van der Waals surface area contributed by atoms with Crippen LogP contribution >= 0.6 is 0 Å². The van der Waals surface area contributed by atoms with Crippen molar-refractivity contribution in [3.63, 3.8) is 0 Å². The zero-order chi connectivity index (χ0) is 12.9. The van der Waals surface area contributed by atoms with Gasteiger partial charge in [-0.05, 0) is 27.7 Å². The molecule has 1 atom stereocenters. The molecule has 5 heteroatoms. The van der Waals surface area contributed by atoms with Crippen LogP contribution in [0.4, 0.5) is 0 Å². The summed E-state index contributed by atoms with van der Waals surface area (Å²) in [6.45, 7) is 7.59. The number of ether oxygens (including phenoxy) is 2. The van der Waals surface area contributed by atoms with Gasteiger partial charge in [-0.1, -0.05) is 0 Å². The number of carbonyl (C=O) groups excluding carboxylic acids is 3. The zero-order valence-corrected chi connectivity index (χ0v) is 10.3. The average molecular weight is 230 g/mol. The summed E-state index contributed by atoms with van der Waals surface area (Å²) in [6.07, 6.45) is -1.30. The van der Waals surface area contributed by atoms with Gasteiger partial charge in [0.15, 0.2) is 0 Å². The molecule has 0 aromatic carbocycles. The highest BCUT2D eigenvalue weighted by atomic mass is 16.6. The molecule has 0 saturated carbocycles. The van der Waals surface area contributed by atoms with Crippen molar-refractivity contribution in [2.75, 3.05) is 0 Å². The maximum atomic E-state index is 11.6. The molecule has 16 heavy (non-hydrogen) atoms. The molecule has 0 rings (SSSR count). The van der Waals surface area contributed by atoms with Gasteiger partial charge >= 0.3 is 11.9 Å². The molecule has 5 nitrogen and oxygen atoms in total. The molecular weight excluding hydrogens is 212 g/mol. The van der Waals surface area contributed by atoms with Gasteiger partial charge in [0.2, 0.25) is 6.10 Å². The quantitative estimate of drug-likeness (QED) is 0.679. The van der Waals surface area contributed by atoms with Crippen LogP contribution in [0.1, 0.15) is 41.0 Å². The maximum absolute atomic E-state index is 11.6. The zero-order valence-electron chi connectivity index (χ0n) is 10.3. The van der Waals surface area contributed by atoms with Crippen molar-refractivity contribution < 1.29 is 23.9 Å². The summed E-state index contributed by atoms with van der Waals surface area (Å²) >= 11 is 0. The third-order valence-electron chi connectivity index (χ3n) is 1.45. The van der Waals surface area contributed by atoms with E-state index in [2.05, 4.69) is 0 Å². The number of carbonyl (C=O) groups is 3. The monoisotopic (exact) mass is 230 g/mol. The Kier molecular flexibility index (Phi) is 5.14. The molecule has 0 saturated heterocycles.